The Morgan fingerprint density at radius 2 is 1.96 bits per heavy atom. The minimum atomic E-state index is -0.686. The van der Waals surface area contributed by atoms with Gasteiger partial charge in [0.25, 0.3) is 0 Å². The molecule has 0 aromatic rings. The first-order chi connectivity index (χ1) is 11.4. The van der Waals surface area contributed by atoms with Crippen molar-refractivity contribution in [1.82, 2.24) is 15.5 Å². The number of piperidine rings is 1. The van der Waals surface area contributed by atoms with Gasteiger partial charge in [-0.3, -0.25) is 9.59 Å². The van der Waals surface area contributed by atoms with Crippen LogP contribution in [0.4, 0.5) is 0 Å². The largest absolute Gasteiger partial charge is 0.343 e. The minimum Gasteiger partial charge on any atom is -0.343 e. The number of nitrogens with one attached hydrogen (secondary N) is 2. The molecule has 1 aliphatic carbocycles. The van der Waals surface area contributed by atoms with E-state index in [9.17, 15) is 14.9 Å². The third-order valence-corrected chi connectivity index (χ3v) is 5.49. The van der Waals surface area contributed by atoms with Crippen molar-refractivity contribution < 1.29 is 9.59 Å². The van der Waals surface area contributed by atoms with E-state index in [1.54, 1.807) is 6.92 Å². The third-order valence-electron chi connectivity index (χ3n) is 5.49. The Labute approximate surface area is 145 Å². The molecule has 2 rings (SSSR count). The summed E-state index contributed by atoms with van der Waals surface area (Å²) in [5.74, 6) is 0.316. The lowest BCUT2D eigenvalue weighted by molar-refractivity contribution is -0.131. The molecule has 2 fully saturated rings. The van der Waals surface area contributed by atoms with Gasteiger partial charge in [0, 0.05) is 26.1 Å². The predicted molar refractivity (Wildman–Crippen MR) is 92.0 cm³/mol. The molecule has 1 saturated heterocycles. The number of hydrogen-bond donors (Lipinski definition) is 2. The van der Waals surface area contributed by atoms with E-state index < -0.39 is 5.54 Å². The van der Waals surface area contributed by atoms with E-state index >= 15 is 0 Å². The van der Waals surface area contributed by atoms with Gasteiger partial charge < -0.3 is 15.5 Å². The Balaban J connectivity index is 1.87. The van der Waals surface area contributed by atoms with Crippen LogP contribution in [0, 0.1) is 17.2 Å². The fourth-order valence-electron chi connectivity index (χ4n) is 3.84. The summed E-state index contributed by atoms with van der Waals surface area (Å²) in [5.41, 5.74) is -0.686. The maximum Gasteiger partial charge on any atom is 0.238 e. The van der Waals surface area contributed by atoms with Crippen molar-refractivity contribution in [2.24, 2.45) is 5.92 Å². The topological polar surface area (TPSA) is 85.2 Å². The molecule has 0 aromatic carbocycles. The fourth-order valence-corrected chi connectivity index (χ4v) is 3.84. The molecule has 1 heterocycles. The smallest absolute Gasteiger partial charge is 0.238 e. The molecule has 0 radical (unpaired) electrons. The molecule has 2 N–H and O–H groups in total. The summed E-state index contributed by atoms with van der Waals surface area (Å²) < 4.78 is 0. The Bertz CT molecular complexity index is 508. The Morgan fingerprint density at radius 3 is 2.50 bits per heavy atom. The normalized spacial score (nSPS) is 27.8. The average molecular weight is 334 g/mol. The van der Waals surface area contributed by atoms with E-state index in [4.69, 9.17) is 0 Å². The maximum atomic E-state index is 12.5. The van der Waals surface area contributed by atoms with Crippen LogP contribution in [0.5, 0.6) is 0 Å². The van der Waals surface area contributed by atoms with E-state index in [2.05, 4.69) is 23.6 Å². The van der Waals surface area contributed by atoms with Crippen LogP contribution in [-0.4, -0.2) is 47.4 Å². The maximum absolute atomic E-state index is 12.5. The van der Waals surface area contributed by atoms with Crippen molar-refractivity contribution in [1.29, 1.82) is 5.26 Å². The second kappa shape index (κ2) is 7.98. The summed E-state index contributed by atoms with van der Waals surface area (Å²) in [7, 11) is 0. The minimum absolute atomic E-state index is 0.0975. The van der Waals surface area contributed by atoms with Crippen LogP contribution in [0.15, 0.2) is 0 Å². The highest BCUT2D eigenvalue weighted by Gasteiger charge is 2.36. The van der Waals surface area contributed by atoms with Crippen LogP contribution >= 0.6 is 0 Å². The monoisotopic (exact) mass is 334 g/mol. The lowest BCUT2D eigenvalue weighted by Crippen LogP contribution is -2.58. The van der Waals surface area contributed by atoms with Crippen LogP contribution in [0.1, 0.15) is 59.3 Å². The van der Waals surface area contributed by atoms with Gasteiger partial charge in [-0.2, -0.15) is 5.26 Å². The number of carbonyl (C=O) groups is 2. The first-order valence-corrected chi connectivity index (χ1v) is 9.12. The first kappa shape index (κ1) is 18.7. The molecule has 1 aliphatic heterocycles. The van der Waals surface area contributed by atoms with Gasteiger partial charge in [0.15, 0.2) is 0 Å². The molecule has 2 amide bonds. The van der Waals surface area contributed by atoms with E-state index in [1.807, 2.05) is 11.8 Å². The van der Waals surface area contributed by atoms with Gasteiger partial charge in [0.1, 0.15) is 5.54 Å². The van der Waals surface area contributed by atoms with Gasteiger partial charge in [-0.25, -0.2) is 0 Å². The second-order valence-corrected chi connectivity index (χ2v) is 7.47. The lowest BCUT2D eigenvalue weighted by Gasteiger charge is -2.38. The quantitative estimate of drug-likeness (QED) is 0.817. The molecule has 3 atom stereocenters. The fraction of sp³-hybridized carbons (Fsp3) is 0.833. The summed E-state index contributed by atoms with van der Waals surface area (Å²) >= 11 is 0. The summed E-state index contributed by atoms with van der Waals surface area (Å²) in [4.78, 5) is 25.9. The number of likely N-dealkylation sites (tertiary alicyclic amines) is 1. The van der Waals surface area contributed by atoms with E-state index in [0.29, 0.717) is 5.92 Å². The molecule has 0 bridgehead atoms. The highest BCUT2D eigenvalue weighted by Crippen LogP contribution is 2.27. The molecule has 0 unspecified atom stereocenters. The van der Waals surface area contributed by atoms with Crippen molar-refractivity contribution in [3.05, 3.63) is 0 Å². The summed E-state index contributed by atoms with van der Waals surface area (Å²) in [6, 6.07) is 2.20. The molecule has 24 heavy (non-hydrogen) atoms. The van der Waals surface area contributed by atoms with Gasteiger partial charge in [-0.05, 0) is 32.1 Å². The predicted octanol–water partition coefficient (Wildman–Crippen LogP) is 1.56. The molecule has 6 nitrogen and oxygen atoms in total. The first-order valence-electron chi connectivity index (χ1n) is 9.12. The lowest BCUT2D eigenvalue weighted by atomic mass is 9.82. The van der Waals surface area contributed by atoms with E-state index in [1.165, 1.54) is 0 Å². The number of rotatable bonds is 4. The van der Waals surface area contributed by atoms with E-state index in [0.717, 1.165) is 51.6 Å². The molecular weight excluding hydrogens is 304 g/mol. The molecular formula is C18H30N4O2. The van der Waals surface area contributed by atoms with Gasteiger partial charge in [0.05, 0.1) is 12.1 Å². The number of nitrogens with zero attached hydrogens (tertiary/aromatic N) is 2. The van der Waals surface area contributed by atoms with Crippen LogP contribution in [-0.2, 0) is 9.59 Å². The zero-order chi connectivity index (χ0) is 17.7. The molecule has 0 aromatic heterocycles. The van der Waals surface area contributed by atoms with Crippen LogP contribution < -0.4 is 10.6 Å². The number of nitriles is 1. The average Bonchev–Trinajstić information content (AvgIpc) is 2.57. The zero-order valence-corrected chi connectivity index (χ0v) is 15.1. The summed E-state index contributed by atoms with van der Waals surface area (Å²) in [6.07, 6.45) is 5.47. The third kappa shape index (κ3) is 4.47. The standard InChI is InChI=1S/C18H30N4O2/c1-13-11-22(15(3)23)10-7-16(13)20-14(2)17(24)21-18(12-19)8-5-4-6-9-18/h13-14,16,20H,4-11H2,1-3H3,(H,21,24)/t13-,14+,16-/m0/s1. The summed E-state index contributed by atoms with van der Waals surface area (Å²) in [5, 5.41) is 15.9. The van der Waals surface area contributed by atoms with Gasteiger partial charge in [-0.1, -0.05) is 26.2 Å². The van der Waals surface area contributed by atoms with Crippen LogP contribution in [0.3, 0.4) is 0 Å². The van der Waals surface area contributed by atoms with Crippen LogP contribution in [0.25, 0.3) is 0 Å². The van der Waals surface area contributed by atoms with Crippen molar-refractivity contribution in [3.8, 4) is 6.07 Å². The number of hydrogen-bond acceptors (Lipinski definition) is 4. The van der Waals surface area contributed by atoms with E-state index in [-0.39, 0.29) is 23.9 Å². The zero-order valence-electron chi connectivity index (χ0n) is 15.1. The number of carbonyl (C=O) groups excluding carboxylic acids is 2. The SMILES string of the molecule is CC(=O)N1CC[C@H](N[C@H](C)C(=O)NC2(C#N)CCCCC2)[C@@H](C)C1. The number of amides is 2. The second-order valence-electron chi connectivity index (χ2n) is 7.47. The van der Waals surface area contributed by atoms with Crippen molar-refractivity contribution in [3.63, 3.8) is 0 Å². The van der Waals surface area contributed by atoms with Crippen molar-refractivity contribution >= 4 is 11.8 Å². The van der Waals surface area contributed by atoms with Gasteiger partial charge >= 0.3 is 0 Å². The molecule has 6 heteroatoms. The van der Waals surface area contributed by atoms with Crippen molar-refractivity contribution in [2.75, 3.05) is 13.1 Å². The summed E-state index contributed by atoms with van der Waals surface area (Å²) in [6.45, 7) is 7.02. The Kier molecular flexibility index (Phi) is 6.22. The Morgan fingerprint density at radius 1 is 1.29 bits per heavy atom. The highest BCUT2D eigenvalue weighted by molar-refractivity contribution is 5.82. The van der Waals surface area contributed by atoms with Gasteiger partial charge in [-0.15, -0.1) is 0 Å². The van der Waals surface area contributed by atoms with Crippen LogP contribution in [0.2, 0.25) is 0 Å². The molecule has 1 saturated carbocycles. The van der Waals surface area contributed by atoms with Crippen molar-refractivity contribution in [2.45, 2.75) is 76.9 Å². The molecule has 2 aliphatic rings. The molecule has 134 valence electrons. The highest BCUT2D eigenvalue weighted by atomic mass is 16.2. The Hall–Kier alpha value is -1.61. The molecule has 0 spiro atoms. The van der Waals surface area contributed by atoms with Gasteiger partial charge in [0.2, 0.25) is 11.8 Å².